The molecule has 1 fully saturated rings. The fourth-order valence-corrected chi connectivity index (χ4v) is 4.38. The minimum Gasteiger partial charge on any atom is -0.481 e. The molecule has 0 unspecified atom stereocenters. The summed E-state index contributed by atoms with van der Waals surface area (Å²) >= 11 is 0. The summed E-state index contributed by atoms with van der Waals surface area (Å²) in [5.74, 6) is -0.129. The molecule has 7 heteroatoms. The van der Waals surface area contributed by atoms with E-state index in [1.807, 2.05) is 85.8 Å². The van der Waals surface area contributed by atoms with Crippen molar-refractivity contribution in [2.75, 3.05) is 0 Å². The van der Waals surface area contributed by atoms with Gasteiger partial charge < -0.3 is 20.3 Å². The molecule has 7 nitrogen and oxygen atoms in total. The highest BCUT2D eigenvalue weighted by molar-refractivity contribution is 5.85. The first-order valence-corrected chi connectivity index (χ1v) is 11.9. The van der Waals surface area contributed by atoms with Gasteiger partial charge in [0.2, 0.25) is 0 Å². The number of nitrogens with zero attached hydrogens (tertiary/aromatic N) is 1. The van der Waals surface area contributed by atoms with Gasteiger partial charge in [0.25, 0.3) is 0 Å². The lowest BCUT2D eigenvalue weighted by Crippen LogP contribution is -2.34. The SMILES string of the molecule is Cc1noc(-c2ccc(-c3ccc(C4(C(=O)O)CC4)cc3)cc2)c1CNC(=O)NCc1ccccc1. The summed E-state index contributed by atoms with van der Waals surface area (Å²) < 4.78 is 5.59. The molecule has 4 aromatic rings. The van der Waals surface area contributed by atoms with E-state index in [1.54, 1.807) is 0 Å². The van der Waals surface area contributed by atoms with Crippen LogP contribution in [0.5, 0.6) is 0 Å². The van der Waals surface area contributed by atoms with Gasteiger partial charge in [-0.2, -0.15) is 0 Å². The molecule has 0 spiro atoms. The molecular formula is C29H27N3O4. The van der Waals surface area contributed by atoms with E-state index in [2.05, 4.69) is 15.8 Å². The predicted molar refractivity (Wildman–Crippen MR) is 136 cm³/mol. The van der Waals surface area contributed by atoms with E-state index in [4.69, 9.17) is 4.52 Å². The highest BCUT2D eigenvalue weighted by Gasteiger charge is 2.51. The first kappa shape index (κ1) is 23.4. The van der Waals surface area contributed by atoms with Crippen molar-refractivity contribution in [3.05, 3.63) is 101 Å². The van der Waals surface area contributed by atoms with Crippen molar-refractivity contribution < 1.29 is 19.2 Å². The van der Waals surface area contributed by atoms with E-state index in [9.17, 15) is 14.7 Å². The third-order valence-corrected chi connectivity index (χ3v) is 6.78. The number of carbonyl (C=O) groups excluding carboxylic acids is 1. The van der Waals surface area contributed by atoms with Gasteiger partial charge in [-0.3, -0.25) is 4.79 Å². The normalized spacial score (nSPS) is 13.7. The minimum atomic E-state index is -0.749. The first-order chi connectivity index (χ1) is 17.5. The van der Waals surface area contributed by atoms with Crippen LogP contribution in [0.15, 0.2) is 83.4 Å². The lowest BCUT2D eigenvalue weighted by molar-refractivity contribution is -0.140. The number of benzene rings is 3. The van der Waals surface area contributed by atoms with Crippen LogP contribution in [0.2, 0.25) is 0 Å². The molecule has 1 aliphatic carbocycles. The van der Waals surface area contributed by atoms with E-state index in [-0.39, 0.29) is 6.03 Å². The molecule has 0 bridgehead atoms. The van der Waals surface area contributed by atoms with Gasteiger partial charge in [0, 0.05) is 17.7 Å². The molecule has 3 aromatic carbocycles. The topological polar surface area (TPSA) is 104 Å². The maximum absolute atomic E-state index is 12.3. The quantitative estimate of drug-likeness (QED) is 0.311. The van der Waals surface area contributed by atoms with E-state index in [0.29, 0.717) is 31.7 Å². The molecule has 1 aromatic heterocycles. The van der Waals surface area contributed by atoms with Gasteiger partial charge in [0.05, 0.1) is 17.7 Å². The summed E-state index contributed by atoms with van der Waals surface area (Å²) in [7, 11) is 0. The molecule has 0 radical (unpaired) electrons. The van der Waals surface area contributed by atoms with Crippen molar-refractivity contribution in [3.63, 3.8) is 0 Å². The van der Waals surface area contributed by atoms with Gasteiger partial charge in [-0.15, -0.1) is 0 Å². The van der Waals surface area contributed by atoms with Crippen LogP contribution in [0.4, 0.5) is 4.79 Å². The highest BCUT2D eigenvalue weighted by atomic mass is 16.5. The standard InChI is InChI=1S/C29H27N3O4/c1-19-25(18-31-28(35)30-17-20-5-3-2-4-6-20)26(36-32-19)23-9-7-21(8-10-23)22-11-13-24(14-12-22)29(15-16-29)27(33)34/h2-14H,15-18H2,1H3,(H,33,34)(H2,30,31,35). The van der Waals surface area contributed by atoms with Crippen LogP contribution in [0.3, 0.4) is 0 Å². The van der Waals surface area contributed by atoms with Crippen LogP contribution in [0, 0.1) is 6.92 Å². The zero-order chi connectivity index (χ0) is 25.1. The van der Waals surface area contributed by atoms with Gasteiger partial charge in [0.15, 0.2) is 5.76 Å². The Balaban J connectivity index is 1.25. The highest BCUT2D eigenvalue weighted by Crippen LogP contribution is 2.48. The number of carbonyl (C=O) groups is 2. The Bertz CT molecular complexity index is 1370. The maximum Gasteiger partial charge on any atom is 0.315 e. The maximum atomic E-state index is 12.3. The number of urea groups is 1. The van der Waals surface area contributed by atoms with E-state index < -0.39 is 11.4 Å². The average Bonchev–Trinajstić information content (AvgIpc) is 3.65. The minimum absolute atomic E-state index is 0.264. The average molecular weight is 482 g/mol. The molecule has 0 atom stereocenters. The number of rotatable bonds is 8. The molecule has 3 N–H and O–H groups in total. The van der Waals surface area contributed by atoms with Crippen LogP contribution >= 0.6 is 0 Å². The second-order valence-corrected chi connectivity index (χ2v) is 9.14. The van der Waals surface area contributed by atoms with Crippen molar-refractivity contribution in [2.24, 2.45) is 0 Å². The van der Waals surface area contributed by atoms with Gasteiger partial charge in [-0.25, -0.2) is 4.79 Å². The van der Waals surface area contributed by atoms with Crippen LogP contribution in [0.1, 0.15) is 35.2 Å². The monoisotopic (exact) mass is 481 g/mol. The number of aliphatic carboxylic acids is 1. The lowest BCUT2D eigenvalue weighted by Gasteiger charge is -2.11. The number of aromatic nitrogens is 1. The Morgan fingerprint density at radius 1 is 0.861 bits per heavy atom. The number of hydrogen-bond acceptors (Lipinski definition) is 4. The van der Waals surface area contributed by atoms with Crippen molar-refractivity contribution >= 4 is 12.0 Å². The third-order valence-electron chi connectivity index (χ3n) is 6.78. The Kier molecular flexibility index (Phi) is 6.29. The molecule has 0 aliphatic heterocycles. The molecule has 1 heterocycles. The van der Waals surface area contributed by atoms with Gasteiger partial charge in [0.1, 0.15) is 0 Å². The Morgan fingerprint density at radius 2 is 1.44 bits per heavy atom. The largest absolute Gasteiger partial charge is 0.481 e. The van der Waals surface area contributed by atoms with E-state index in [0.717, 1.165) is 39.1 Å². The summed E-state index contributed by atoms with van der Waals surface area (Å²) in [6.45, 7) is 2.59. The van der Waals surface area contributed by atoms with Gasteiger partial charge >= 0.3 is 12.0 Å². The van der Waals surface area contributed by atoms with Crippen molar-refractivity contribution in [1.29, 1.82) is 0 Å². The zero-order valence-corrected chi connectivity index (χ0v) is 20.0. The van der Waals surface area contributed by atoms with E-state index in [1.165, 1.54) is 0 Å². The van der Waals surface area contributed by atoms with Crippen LogP contribution in [0.25, 0.3) is 22.5 Å². The smallest absolute Gasteiger partial charge is 0.315 e. The lowest BCUT2D eigenvalue weighted by atomic mass is 9.93. The summed E-state index contributed by atoms with van der Waals surface area (Å²) in [4.78, 5) is 23.9. The number of carboxylic acids is 1. The number of amides is 2. The van der Waals surface area contributed by atoms with Gasteiger partial charge in [-0.1, -0.05) is 84.0 Å². The molecule has 1 aliphatic rings. The summed E-state index contributed by atoms with van der Waals surface area (Å²) in [5.41, 5.74) is 5.62. The summed E-state index contributed by atoms with van der Waals surface area (Å²) in [5, 5.41) is 19.3. The summed E-state index contributed by atoms with van der Waals surface area (Å²) in [6, 6.07) is 25.1. The van der Waals surface area contributed by atoms with Crippen LogP contribution in [-0.2, 0) is 23.3 Å². The number of carboxylic acid groups (broad SMARTS) is 1. The third kappa shape index (κ3) is 4.73. The Labute approximate surface area is 209 Å². The summed E-state index contributed by atoms with van der Waals surface area (Å²) in [6.07, 6.45) is 1.39. The second kappa shape index (κ2) is 9.70. The number of nitrogens with one attached hydrogen (secondary N) is 2. The Morgan fingerprint density at radius 3 is 2.06 bits per heavy atom. The second-order valence-electron chi connectivity index (χ2n) is 9.14. The van der Waals surface area contributed by atoms with Crippen LogP contribution in [-0.4, -0.2) is 22.3 Å². The number of hydrogen-bond donors (Lipinski definition) is 3. The molecule has 2 amide bonds. The van der Waals surface area contributed by atoms with Crippen LogP contribution < -0.4 is 10.6 Å². The van der Waals surface area contributed by atoms with Gasteiger partial charge in [-0.05, 0) is 42.0 Å². The molecule has 0 saturated heterocycles. The predicted octanol–water partition coefficient (Wildman–Crippen LogP) is 5.43. The van der Waals surface area contributed by atoms with E-state index >= 15 is 0 Å². The zero-order valence-electron chi connectivity index (χ0n) is 20.0. The fraction of sp³-hybridized carbons (Fsp3) is 0.207. The van der Waals surface area contributed by atoms with Crippen molar-refractivity contribution in [3.8, 4) is 22.5 Å². The Hall–Kier alpha value is -4.39. The fourth-order valence-electron chi connectivity index (χ4n) is 4.38. The molecule has 1 saturated carbocycles. The molecule has 182 valence electrons. The van der Waals surface area contributed by atoms with Crippen molar-refractivity contribution in [2.45, 2.75) is 38.3 Å². The first-order valence-electron chi connectivity index (χ1n) is 11.9. The molecule has 36 heavy (non-hydrogen) atoms. The van der Waals surface area contributed by atoms with Crippen molar-refractivity contribution in [1.82, 2.24) is 15.8 Å². The molecule has 5 rings (SSSR count). The number of aryl methyl sites for hydroxylation is 1. The molecular weight excluding hydrogens is 454 g/mol.